The molecule has 2 nitrogen and oxygen atoms in total. The number of methoxy groups -OCH3 is 1. The first kappa shape index (κ1) is 9.08. The van der Waals surface area contributed by atoms with E-state index in [1.165, 1.54) is 0 Å². The minimum Gasteiger partial charge on any atom is -0.495 e. The van der Waals surface area contributed by atoms with Crippen LogP contribution in [-0.2, 0) is 0 Å². The molecule has 0 N–H and O–H groups in total. The zero-order chi connectivity index (χ0) is 8.81. The normalized spacial score (nSPS) is 8.50. The van der Waals surface area contributed by atoms with Crippen LogP contribution in [0.3, 0.4) is 0 Å². The number of aromatic nitrogens is 1. The molecule has 0 fully saturated rings. The van der Waals surface area contributed by atoms with E-state index in [0.29, 0.717) is 5.33 Å². The summed E-state index contributed by atoms with van der Waals surface area (Å²) in [5.41, 5.74) is 0.759. The quantitative estimate of drug-likeness (QED) is 0.538. The maximum absolute atomic E-state index is 4.95. The van der Waals surface area contributed by atoms with Crippen molar-refractivity contribution in [1.82, 2.24) is 4.98 Å². The van der Waals surface area contributed by atoms with Crippen LogP contribution in [0.15, 0.2) is 18.3 Å². The van der Waals surface area contributed by atoms with Crippen molar-refractivity contribution in [3.05, 3.63) is 24.0 Å². The zero-order valence-corrected chi connectivity index (χ0v) is 8.26. The Kier molecular flexibility index (Phi) is 3.62. The molecule has 0 aliphatic heterocycles. The first-order valence-electron chi connectivity index (χ1n) is 3.41. The van der Waals surface area contributed by atoms with Crippen molar-refractivity contribution in [3.63, 3.8) is 0 Å². The zero-order valence-electron chi connectivity index (χ0n) is 6.67. The van der Waals surface area contributed by atoms with E-state index in [0.717, 1.165) is 11.4 Å². The summed E-state index contributed by atoms with van der Waals surface area (Å²) in [5, 5.41) is 0.667. The monoisotopic (exact) mass is 225 g/mol. The lowest BCUT2D eigenvalue weighted by Gasteiger charge is -1.96. The van der Waals surface area contributed by atoms with Crippen LogP contribution < -0.4 is 4.74 Å². The van der Waals surface area contributed by atoms with E-state index in [4.69, 9.17) is 4.74 Å². The van der Waals surface area contributed by atoms with Gasteiger partial charge in [-0.2, -0.15) is 0 Å². The van der Waals surface area contributed by atoms with Gasteiger partial charge in [0.2, 0.25) is 0 Å². The molecule has 0 amide bonds. The van der Waals surface area contributed by atoms with Crippen LogP contribution >= 0.6 is 15.9 Å². The molecule has 3 heteroatoms. The molecule has 0 aliphatic rings. The van der Waals surface area contributed by atoms with Gasteiger partial charge in [0.25, 0.3) is 0 Å². The van der Waals surface area contributed by atoms with Crippen molar-refractivity contribution in [1.29, 1.82) is 0 Å². The minimum absolute atomic E-state index is 0.667. The molecule has 0 unspecified atom stereocenters. The largest absolute Gasteiger partial charge is 0.495 e. The van der Waals surface area contributed by atoms with E-state index in [9.17, 15) is 0 Å². The van der Waals surface area contributed by atoms with Crippen molar-refractivity contribution >= 4 is 15.9 Å². The molecule has 0 saturated heterocycles. The summed E-state index contributed by atoms with van der Waals surface area (Å²) < 4.78 is 4.95. The van der Waals surface area contributed by atoms with Gasteiger partial charge >= 0.3 is 0 Å². The summed E-state index contributed by atoms with van der Waals surface area (Å²) in [6.07, 6.45) is 1.65. The fourth-order valence-corrected chi connectivity index (χ4v) is 0.839. The fourth-order valence-electron chi connectivity index (χ4n) is 0.699. The molecule has 0 radical (unpaired) electrons. The van der Waals surface area contributed by atoms with Crippen molar-refractivity contribution < 1.29 is 4.74 Å². The lowest BCUT2D eigenvalue weighted by Crippen LogP contribution is -1.85. The van der Waals surface area contributed by atoms with Crippen molar-refractivity contribution in [2.45, 2.75) is 0 Å². The number of pyridine rings is 1. The van der Waals surface area contributed by atoms with Gasteiger partial charge < -0.3 is 4.74 Å². The van der Waals surface area contributed by atoms with Crippen LogP contribution in [0.1, 0.15) is 5.69 Å². The first-order valence-corrected chi connectivity index (χ1v) is 4.54. The molecule has 0 spiro atoms. The van der Waals surface area contributed by atoms with Crippen molar-refractivity contribution in [2.24, 2.45) is 0 Å². The molecule has 1 rings (SSSR count). The molecule has 62 valence electrons. The highest BCUT2D eigenvalue weighted by atomic mass is 79.9. The second-order valence-electron chi connectivity index (χ2n) is 2.02. The smallest absolute Gasteiger partial charge is 0.137 e. The summed E-state index contributed by atoms with van der Waals surface area (Å²) in [4.78, 5) is 4.07. The molecule has 0 saturated carbocycles. The van der Waals surface area contributed by atoms with Crippen LogP contribution in [0.5, 0.6) is 5.75 Å². The predicted octanol–water partition coefficient (Wildman–Crippen LogP) is 1.84. The van der Waals surface area contributed by atoms with Gasteiger partial charge in [-0.3, -0.25) is 0 Å². The highest BCUT2D eigenvalue weighted by Crippen LogP contribution is 2.06. The van der Waals surface area contributed by atoms with E-state index in [1.54, 1.807) is 13.3 Å². The standard InChI is InChI=1S/C9H8BrNO/c1-12-9-5-4-8(11-7-9)3-2-6-10/h4-5,7H,6H2,1H3. The number of alkyl halides is 1. The van der Waals surface area contributed by atoms with Gasteiger partial charge in [-0.15, -0.1) is 0 Å². The van der Waals surface area contributed by atoms with E-state index in [-0.39, 0.29) is 0 Å². The van der Waals surface area contributed by atoms with Gasteiger partial charge in [0.1, 0.15) is 11.4 Å². The van der Waals surface area contributed by atoms with Crippen LogP contribution in [0.4, 0.5) is 0 Å². The summed E-state index contributed by atoms with van der Waals surface area (Å²) >= 11 is 3.21. The summed E-state index contributed by atoms with van der Waals surface area (Å²) in [6.45, 7) is 0. The average Bonchev–Trinajstić information content (AvgIpc) is 2.15. The van der Waals surface area contributed by atoms with Gasteiger partial charge in [0.15, 0.2) is 0 Å². The molecule has 1 heterocycles. The Balaban J connectivity index is 2.78. The molecule has 0 atom stereocenters. The third-order valence-electron chi connectivity index (χ3n) is 1.26. The summed E-state index contributed by atoms with van der Waals surface area (Å²) in [6, 6.07) is 3.67. The van der Waals surface area contributed by atoms with Crippen molar-refractivity contribution in [3.8, 4) is 17.6 Å². The highest BCUT2D eigenvalue weighted by Gasteiger charge is 1.90. The molecule has 0 aromatic carbocycles. The van der Waals surface area contributed by atoms with Crippen LogP contribution in [-0.4, -0.2) is 17.4 Å². The van der Waals surface area contributed by atoms with Crippen LogP contribution in [0.25, 0.3) is 0 Å². The van der Waals surface area contributed by atoms with Crippen molar-refractivity contribution in [2.75, 3.05) is 12.4 Å². The Morgan fingerprint density at radius 3 is 2.92 bits per heavy atom. The van der Waals surface area contributed by atoms with E-state index in [1.807, 2.05) is 12.1 Å². The van der Waals surface area contributed by atoms with E-state index in [2.05, 4.69) is 32.8 Å². The van der Waals surface area contributed by atoms with Gasteiger partial charge in [-0.25, -0.2) is 4.98 Å². The van der Waals surface area contributed by atoms with Gasteiger partial charge in [-0.05, 0) is 18.1 Å². The maximum Gasteiger partial charge on any atom is 0.137 e. The molecule has 0 bridgehead atoms. The lowest BCUT2D eigenvalue weighted by atomic mass is 10.3. The second-order valence-corrected chi connectivity index (χ2v) is 2.58. The predicted molar refractivity (Wildman–Crippen MR) is 51.5 cm³/mol. The maximum atomic E-state index is 4.95. The van der Waals surface area contributed by atoms with Gasteiger partial charge in [-0.1, -0.05) is 21.9 Å². The Bertz CT molecular complexity index is 297. The molecular formula is C9H8BrNO. The second kappa shape index (κ2) is 4.78. The number of hydrogen-bond acceptors (Lipinski definition) is 2. The minimum atomic E-state index is 0.667. The third-order valence-corrected chi connectivity index (χ3v) is 1.54. The Morgan fingerprint density at radius 2 is 2.42 bits per heavy atom. The Morgan fingerprint density at radius 1 is 1.58 bits per heavy atom. The molecule has 1 aromatic rings. The highest BCUT2D eigenvalue weighted by molar-refractivity contribution is 9.09. The summed E-state index contributed by atoms with van der Waals surface area (Å²) in [5.74, 6) is 6.50. The van der Waals surface area contributed by atoms with Crippen LogP contribution in [0.2, 0.25) is 0 Å². The molecular weight excluding hydrogens is 218 g/mol. The van der Waals surface area contributed by atoms with Crippen LogP contribution in [0, 0.1) is 11.8 Å². The molecule has 12 heavy (non-hydrogen) atoms. The van der Waals surface area contributed by atoms with Gasteiger partial charge in [0, 0.05) is 0 Å². The fraction of sp³-hybridized carbons (Fsp3) is 0.222. The molecule has 0 aliphatic carbocycles. The molecule has 1 aromatic heterocycles. The number of nitrogens with zero attached hydrogens (tertiary/aromatic N) is 1. The Labute approximate surface area is 80.1 Å². The Hall–Kier alpha value is -1.01. The van der Waals surface area contributed by atoms with E-state index >= 15 is 0 Å². The topological polar surface area (TPSA) is 22.1 Å². The third kappa shape index (κ3) is 2.55. The number of ether oxygens (including phenoxy) is 1. The number of rotatable bonds is 1. The SMILES string of the molecule is COc1ccc(C#CCBr)nc1. The number of halogens is 1. The number of hydrogen-bond donors (Lipinski definition) is 0. The lowest BCUT2D eigenvalue weighted by molar-refractivity contribution is 0.413. The average molecular weight is 226 g/mol. The summed E-state index contributed by atoms with van der Waals surface area (Å²) in [7, 11) is 1.61. The first-order chi connectivity index (χ1) is 5.86. The van der Waals surface area contributed by atoms with Gasteiger partial charge in [0.05, 0.1) is 18.6 Å². The van der Waals surface area contributed by atoms with E-state index < -0.39 is 0 Å².